The van der Waals surface area contributed by atoms with Gasteiger partial charge in [0.1, 0.15) is 0 Å². The highest BCUT2D eigenvalue weighted by Gasteiger charge is 2.28. The summed E-state index contributed by atoms with van der Waals surface area (Å²) in [4.78, 5) is 12.2. The molecule has 1 aromatic heterocycles. The smallest absolute Gasteiger partial charge is 0.231 e. The fraction of sp³-hybridized carbons (Fsp3) is 0.312. The minimum absolute atomic E-state index is 0.0921. The first-order valence-electron chi connectivity index (χ1n) is 7.25. The quantitative estimate of drug-likeness (QED) is 0.938. The van der Waals surface area contributed by atoms with E-state index in [1.807, 2.05) is 13.0 Å². The number of nitrogens with one attached hydrogen (secondary N) is 1. The first kappa shape index (κ1) is 15.5. The van der Waals surface area contributed by atoms with Crippen molar-refractivity contribution in [2.45, 2.75) is 19.4 Å². The zero-order valence-corrected chi connectivity index (χ0v) is 13.2. The van der Waals surface area contributed by atoms with E-state index in [0.29, 0.717) is 35.1 Å². The lowest BCUT2D eigenvalue weighted by atomic mass is 10.1. The number of rotatable bonds is 3. The van der Waals surface area contributed by atoms with Crippen molar-refractivity contribution < 1.29 is 9.53 Å². The van der Waals surface area contributed by atoms with Crippen molar-refractivity contribution in [1.29, 1.82) is 5.26 Å². The van der Waals surface area contributed by atoms with Crippen LogP contribution in [-0.2, 0) is 9.53 Å². The maximum atomic E-state index is 12.2. The first-order valence-corrected chi connectivity index (χ1v) is 7.63. The summed E-state index contributed by atoms with van der Waals surface area (Å²) in [7, 11) is 0. The third-order valence-corrected chi connectivity index (χ3v) is 4.04. The Kier molecular flexibility index (Phi) is 4.33. The van der Waals surface area contributed by atoms with Crippen molar-refractivity contribution in [3.63, 3.8) is 0 Å². The van der Waals surface area contributed by atoms with Crippen LogP contribution in [0.1, 0.15) is 18.9 Å². The number of carbonyl (C=O) groups is 1. The lowest BCUT2D eigenvalue weighted by Gasteiger charge is -2.07. The number of ether oxygens (including phenoxy) is 1. The Bertz CT molecular complexity index is 781. The number of amides is 1. The van der Waals surface area contributed by atoms with E-state index in [2.05, 4.69) is 10.4 Å². The van der Waals surface area contributed by atoms with E-state index < -0.39 is 0 Å². The molecule has 0 spiro atoms. The molecule has 1 aliphatic heterocycles. The second-order valence-electron chi connectivity index (χ2n) is 5.49. The van der Waals surface area contributed by atoms with Crippen LogP contribution in [0.15, 0.2) is 30.5 Å². The van der Waals surface area contributed by atoms with Gasteiger partial charge in [0.2, 0.25) is 5.91 Å². The minimum Gasteiger partial charge on any atom is -0.378 e. The first-order chi connectivity index (χ1) is 11.1. The molecule has 1 N–H and O–H groups in total. The molecule has 0 aliphatic carbocycles. The summed E-state index contributed by atoms with van der Waals surface area (Å²) in [5.41, 5.74) is 1.12. The molecule has 2 unspecified atom stereocenters. The number of hydrogen-bond acceptors (Lipinski definition) is 4. The summed E-state index contributed by atoms with van der Waals surface area (Å²) in [5, 5.41) is 16.4. The number of halogens is 1. The molecule has 7 heteroatoms. The van der Waals surface area contributed by atoms with Crippen LogP contribution in [0.4, 0.5) is 5.82 Å². The SMILES string of the molecule is CC1CC(C(=O)Nc2ccn(-c3ccc(C#N)cc3Cl)n2)CO1. The number of hydrogen-bond donors (Lipinski definition) is 1. The highest BCUT2D eigenvalue weighted by atomic mass is 35.5. The Morgan fingerprint density at radius 1 is 1.52 bits per heavy atom. The van der Waals surface area contributed by atoms with Crippen LogP contribution < -0.4 is 5.32 Å². The van der Waals surface area contributed by atoms with Gasteiger partial charge in [0.25, 0.3) is 0 Å². The van der Waals surface area contributed by atoms with Crippen LogP contribution in [-0.4, -0.2) is 28.4 Å². The summed E-state index contributed by atoms with van der Waals surface area (Å²) < 4.78 is 6.97. The van der Waals surface area contributed by atoms with Crippen LogP contribution in [0.3, 0.4) is 0 Å². The summed E-state index contributed by atoms with van der Waals surface area (Å²) in [6.45, 7) is 2.39. The van der Waals surface area contributed by atoms with Gasteiger partial charge in [-0.15, -0.1) is 0 Å². The Labute approximate surface area is 138 Å². The largest absolute Gasteiger partial charge is 0.378 e. The Morgan fingerprint density at radius 2 is 2.35 bits per heavy atom. The van der Waals surface area contributed by atoms with Crippen molar-refractivity contribution in [1.82, 2.24) is 9.78 Å². The summed E-state index contributed by atoms with van der Waals surface area (Å²) in [6.07, 6.45) is 2.53. The Morgan fingerprint density at radius 3 is 3.00 bits per heavy atom. The molecular formula is C16H15ClN4O2. The molecule has 23 heavy (non-hydrogen) atoms. The molecule has 0 bridgehead atoms. The summed E-state index contributed by atoms with van der Waals surface area (Å²) in [5.74, 6) is 0.217. The van der Waals surface area contributed by atoms with E-state index in [4.69, 9.17) is 21.6 Å². The maximum Gasteiger partial charge on any atom is 0.231 e. The number of nitrogens with zero attached hydrogens (tertiary/aromatic N) is 3. The average molecular weight is 331 g/mol. The fourth-order valence-electron chi connectivity index (χ4n) is 2.52. The molecule has 3 rings (SSSR count). The van der Waals surface area contributed by atoms with Crippen molar-refractivity contribution in [3.05, 3.63) is 41.0 Å². The number of aromatic nitrogens is 2. The van der Waals surface area contributed by atoms with Gasteiger partial charge in [0.15, 0.2) is 5.82 Å². The van der Waals surface area contributed by atoms with Gasteiger partial charge in [-0.3, -0.25) is 4.79 Å². The van der Waals surface area contributed by atoms with Gasteiger partial charge in [0.05, 0.1) is 41.0 Å². The Hall–Kier alpha value is -2.36. The molecule has 1 saturated heterocycles. The average Bonchev–Trinajstić information content (AvgIpc) is 3.16. The van der Waals surface area contributed by atoms with Gasteiger partial charge in [-0.25, -0.2) is 4.68 Å². The van der Waals surface area contributed by atoms with Gasteiger partial charge < -0.3 is 10.1 Å². The summed E-state index contributed by atoms with van der Waals surface area (Å²) >= 11 is 6.16. The number of benzene rings is 1. The van der Waals surface area contributed by atoms with E-state index in [1.165, 1.54) is 0 Å². The van der Waals surface area contributed by atoms with Crippen molar-refractivity contribution in [2.75, 3.05) is 11.9 Å². The van der Waals surface area contributed by atoms with Crippen molar-refractivity contribution in [3.8, 4) is 11.8 Å². The molecule has 1 aliphatic rings. The minimum atomic E-state index is -0.145. The van der Waals surface area contributed by atoms with E-state index in [0.717, 1.165) is 0 Å². The fourth-order valence-corrected chi connectivity index (χ4v) is 2.78. The van der Waals surface area contributed by atoms with E-state index in [-0.39, 0.29) is 17.9 Å². The second kappa shape index (κ2) is 6.41. The molecule has 6 nitrogen and oxygen atoms in total. The highest BCUT2D eigenvalue weighted by Crippen LogP contribution is 2.23. The predicted molar refractivity (Wildman–Crippen MR) is 85.4 cm³/mol. The molecule has 2 heterocycles. The third-order valence-electron chi connectivity index (χ3n) is 3.73. The van der Waals surface area contributed by atoms with E-state index in [9.17, 15) is 4.79 Å². The number of anilines is 1. The summed E-state index contributed by atoms with van der Waals surface area (Å²) in [6, 6.07) is 8.69. The Balaban J connectivity index is 1.73. The van der Waals surface area contributed by atoms with Gasteiger partial charge in [-0.2, -0.15) is 10.4 Å². The zero-order chi connectivity index (χ0) is 16.4. The number of carbonyl (C=O) groups excluding carboxylic acids is 1. The maximum absolute atomic E-state index is 12.2. The topological polar surface area (TPSA) is 79.9 Å². The highest BCUT2D eigenvalue weighted by molar-refractivity contribution is 6.32. The lowest BCUT2D eigenvalue weighted by Crippen LogP contribution is -2.23. The second-order valence-corrected chi connectivity index (χ2v) is 5.90. The van der Waals surface area contributed by atoms with Gasteiger partial charge >= 0.3 is 0 Å². The van der Waals surface area contributed by atoms with Crippen LogP contribution in [0.5, 0.6) is 0 Å². The molecule has 2 aromatic rings. The standard InChI is InChI=1S/C16H15ClN4O2/c1-10-6-12(9-23-10)16(22)19-15-4-5-21(20-15)14-3-2-11(8-18)7-13(14)17/h2-5,7,10,12H,6,9H2,1H3,(H,19,20,22). The van der Waals surface area contributed by atoms with Crippen molar-refractivity contribution >= 4 is 23.3 Å². The van der Waals surface area contributed by atoms with Crippen LogP contribution in [0.2, 0.25) is 5.02 Å². The molecule has 118 valence electrons. The van der Waals surface area contributed by atoms with Crippen LogP contribution >= 0.6 is 11.6 Å². The van der Waals surface area contributed by atoms with Gasteiger partial charge in [0, 0.05) is 12.3 Å². The van der Waals surface area contributed by atoms with Gasteiger partial charge in [-0.05, 0) is 31.5 Å². The van der Waals surface area contributed by atoms with E-state index >= 15 is 0 Å². The van der Waals surface area contributed by atoms with Gasteiger partial charge in [-0.1, -0.05) is 11.6 Å². The molecular weight excluding hydrogens is 316 g/mol. The monoisotopic (exact) mass is 330 g/mol. The molecule has 2 atom stereocenters. The molecule has 1 aromatic carbocycles. The van der Waals surface area contributed by atoms with Crippen molar-refractivity contribution in [2.24, 2.45) is 5.92 Å². The molecule has 1 fully saturated rings. The van der Waals surface area contributed by atoms with E-state index in [1.54, 1.807) is 35.1 Å². The molecule has 1 amide bonds. The molecule has 0 saturated carbocycles. The third kappa shape index (κ3) is 3.36. The predicted octanol–water partition coefficient (Wildman–Crippen LogP) is 2.76. The zero-order valence-electron chi connectivity index (χ0n) is 12.5. The molecule has 0 radical (unpaired) electrons. The lowest BCUT2D eigenvalue weighted by molar-refractivity contribution is -0.119. The number of nitriles is 1. The van der Waals surface area contributed by atoms with Crippen LogP contribution in [0.25, 0.3) is 5.69 Å². The normalized spacial score (nSPS) is 20.2. The van der Waals surface area contributed by atoms with Crippen LogP contribution in [0, 0.1) is 17.2 Å².